The highest BCUT2D eigenvalue weighted by molar-refractivity contribution is 5.39. The lowest BCUT2D eigenvalue weighted by atomic mass is 10.1. The quantitative estimate of drug-likeness (QED) is 0.896. The van der Waals surface area contributed by atoms with Crippen molar-refractivity contribution in [1.29, 1.82) is 0 Å². The molecule has 0 saturated carbocycles. The SMILES string of the molecule is Cc1ccc([C@@H](C)N)c(OCc2ccncc2)c1. The Morgan fingerprint density at radius 2 is 1.94 bits per heavy atom. The van der Waals surface area contributed by atoms with Crippen LogP contribution in [0.3, 0.4) is 0 Å². The topological polar surface area (TPSA) is 48.1 Å². The molecule has 3 nitrogen and oxygen atoms in total. The van der Waals surface area contributed by atoms with Crippen LogP contribution in [0.4, 0.5) is 0 Å². The van der Waals surface area contributed by atoms with Gasteiger partial charge in [-0.15, -0.1) is 0 Å². The number of hydrogen-bond donors (Lipinski definition) is 1. The molecule has 0 aliphatic rings. The Bertz CT molecular complexity index is 509. The molecule has 94 valence electrons. The molecule has 0 radical (unpaired) electrons. The van der Waals surface area contributed by atoms with E-state index in [-0.39, 0.29) is 6.04 Å². The summed E-state index contributed by atoms with van der Waals surface area (Å²) in [6.07, 6.45) is 3.53. The van der Waals surface area contributed by atoms with Gasteiger partial charge in [-0.25, -0.2) is 0 Å². The van der Waals surface area contributed by atoms with Gasteiger partial charge in [0.25, 0.3) is 0 Å². The molecule has 0 aliphatic heterocycles. The molecule has 1 atom stereocenters. The Morgan fingerprint density at radius 3 is 2.61 bits per heavy atom. The molecule has 3 heteroatoms. The van der Waals surface area contributed by atoms with Gasteiger partial charge in [-0.3, -0.25) is 4.98 Å². The molecule has 0 spiro atoms. The zero-order chi connectivity index (χ0) is 13.0. The Kier molecular flexibility index (Phi) is 3.95. The average molecular weight is 242 g/mol. The molecule has 0 unspecified atom stereocenters. The van der Waals surface area contributed by atoms with Gasteiger partial charge in [0.1, 0.15) is 12.4 Å². The summed E-state index contributed by atoms with van der Waals surface area (Å²) in [5, 5.41) is 0. The zero-order valence-corrected chi connectivity index (χ0v) is 10.8. The third-order valence-corrected chi connectivity index (χ3v) is 2.80. The Morgan fingerprint density at radius 1 is 1.22 bits per heavy atom. The summed E-state index contributed by atoms with van der Waals surface area (Å²) in [6, 6.07) is 9.97. The van der Waals surface area contributed by atoms with E-state index in [4.69, 9.17) is 10.5 Å². The summed E-state index contributed by atoms with van der Waals surface area (Å²) in [4.78, 5) is 3.98. The Hall–Kier alpha value is -1.87. The Labute approximate surface area is 108 Å². The summed E-state index contributed by atoms with van der Waals surface area (Å²) in [5.74, 6) is 0.863. The minimum Gasteiger partial charge on any atom is -0.489 e. The van der Waals surface area contributed by atoms with Crippen LogP contribution in [0.15, 0.2) is 42.7 Å². The summed E-state index contributed by atoms with van der Waals surface area (Å²) in [7, 11) is 0. The fraction of sp³-hybridized carbons (Fsp3) is 0.267. The van der Waals surface area contributed by atoms with Crippen molar-refractivity contribution in [3.05, 3.63) is 59.4 Å². The molecule has 2 N–H and O–H groups in total. The van der Waals surface area contributed by atoms with Gasteiger partial charge >= 0.3 is 0 Å². The first kappa shape index (κ1) is 12.6. The van der Waals surface area contributed by atoms with Gasteiger partial charge in [-0.05, 0) is 43.2 Å². The second kappa shape index (κ2) is 5.65. The van der Waals surface area contributed by atoms with Crippen molar-refractivity contribution in [2.45, 2.75) is 26.5 Å². The van der Waals surface area contributed by atoms with Crippen LogP contribution >= 0.6 is 0 Å². The molecule has 18 heavy (non-hydrogen) atoms. The largest absolute Gasteiger partial charge is 0.489 e. The molecule has 0 saturated heterocycles. The van der Waals surface area contributed by atoms with Crippen LogP contribution in [0.1, 0.15) is 29.7 Å². The second-order valence-corrected chi connectivity index (χ2v) is 4.47. The fourth-order valence-electron chi connectivity index (χ4n) is 1.78. The highest BCUT2D eigenvalue weighted by Gasteiger charge is 2.08. The van der Waals surface area contributed by atoms with Crippen molar-refractivity contribution in [1.82, 2.24) is 4.98 Å². The van der Waals surface area contributed by atoms with Gasteiger partial charge < -0.3 is 10.5 Å². The van der Waals surface area contributed by atoms with E-state index in [1.165, 1.54) is 5.56 Å². The minimum atomic E-state index is -0.0296. The lowest BCUT2D eigenvalue weighted by Crippen LogP contribution is -2.08. The fourth-order valence-corrected chi connectivity index (χ4v) is 1.78. The third kappa shape index (κ3) is 3.08. The molecule has 0 fully saturated rings. The lowest BCUT2D eigenvalue weighted by Gasteiger charge is -2.14. The van der Waals surface area contributed by atoms with Gasteiger partial charge in [0.05, 0.1) is 0 Å². The maximum absolute atomic E-state index is 5.94. The van der Waals surface area contributed by atoms with E-state index in [1.54, 1.807) is 12.4 Å². The minimum absolute atomic E-state index is 0.0296. The molecule has 0 bridgehead atoms. The van der Waals surface area contributed by atoms with Crippen LogP contribution in [-0.4, -0.2) is 4.98 Å². The van der Waals surface area contributed by atoms with E-state index in [2.05, 4.69) is 11.1 Å². The summed E-state index contributed by atoms with van der Waals surface area (Å²) < 4.78 is 5.86. The number of pyridine rings is 1. The number of nitrogens with zero attached hydrogens (tertiary/aromatic N) is 1. The van der Waals surface area contributed by atoms with Crippen LogP contribution in [-0.2, 0) is 6.61 Å². The number of benzene rings is 1. The number of ether oxygens (including phenoxy) is 1. The number of aromatic nitrogens is 1. The van der Waals surface area contributed by atoms with Gasteiger partial charge in [0, 0.05) is 24.0 Å². The van der Waals surface area contributed by atoms with Crippen molar-refractivity contribution >= 4 is 0 Å². The first-order chi connectivity index (χ1) is 8.66. The summed E-state index contributed by atoms with van der Waals surface area (Å²) in [6.45, 7) is 4.54. The van der Waals surface area contributed by atoms with Crippen LogP contribution in [0.5, 0.6) is 5.75 Å². The lowest BCUT2D eigenvalue weighted by molar-refractivity contribution is 0.301. The number of rotatable bonds is 4. The van der Waals surface area contributed by atoms with Crippen molar-refractivity contribution in [3.8, 4) is 5.75 Å². The van der Waals surface area contributed by atoms with Crippen molar-refractivity contribution in [2.75, 3.05) is 0 Å². The van der Waals surface area contributed by atoms with E-state index in [9.17, 15) is 0 Å². The molecule has 2 aromatic rings. The highest BCUT2D eigenvalue weighted by atomic mass is 16.5. The van der Waals surface area contributed by atoms with E-state index in [0.717, 1.165) is 16.9 Å². The van der Waals surface area contributed by atoms with Crippen LogP contribution < -0.4 is 10.5 Å². The molecule has 0 aliphatic carbocycles. The number of nitrogens with two attached hydrogens (primary N) is 1. The van der Waals surface area contributed by atoms with Crippen LogP contribution in [0.2, 0.25) is 0 Å². The predicted molar refractivity (Wildman–Crippen MR) is 72.4 cm³/mol. The average Bonchev–Trinajstić information content (AvgIpc) is 2.37. The van der Waals surface area contributed by atoms with Gasteiger partial charge in [0.2, 0.25) is 0 Å². The maximum atomic E-state index is 5.94. The van der Waals surface area contributed by atoms with Gasteiger partial charge in [-0.1, -0.05) is 12.1 Å². The third-order valence-electron chi connectivity index (χ3n) is 2.80. The molecule has 2 rings (SSSR count). The van der Waals surface area contributed by atoms with Crippen molar-refractivity contribution in [3.63, 3.8) is 0 Å². The predicted octanol–water partition coefficient (Wildman–Crippen LogP) is 2.99. The Balaban J connectivity index is 2.15. The first-order valence-corrected chi connectivity index (χ1v) is 6.04. The normalized spacial score (nSPS) is 12.2. The van der Waals surface area contributed by atoms with E-state index in [0.29, 0.717) is 6.61 Å². The first-order valence-electron chi connectivity index (χ1n) is 6.04. The highest BCUT2D eigenvalue weighted by Crippen LogP contribution is 2.25. The monoisotopic (exact) mass is 242 g/mol. The summed E-state index contributed by atoms with van der Waals surface area (Å²) >= 11 is 0. The van der Waals surface area contributed by atoms with E-state index in [1.807, 2.05) is 38.1 Å². The molecule has 0 amide bonds. The molecule has 1 aromatic carbocycles. The standard InChI is InChI=1S/C15H18N2O/c1-11-3-4-14(12(2)16)15(9-11)18-10-13-5-7-17-8-6-13/h3-9,12H,10,16H2,1-2H3/t12-/m1/s1. The number of aryl methyl sites for hydroxylation is 1. The van der Waals surface area contributed by atoms with Crippen molar-refractivity contribution < 1.29 is 4.74 Å². The molecular weight excluding hydrogens is 224 g/mol. The smallest absolute Gasteiger partial charge is 0.124 e. The second-order valence-electron chi connectivity index (χ2n) is 4.47. The maximum Gasteiger partial charge on any atom is 0.124 e. The zero-order valence-electron chi connectivity index (χ0n) is 10.8. The number of hydrogen-bond acceptors (Lipinski definition) is 3. The van der Waals surface area contributed by atoms with Gasteiger partial charge in [-0.2, -0.15) is 0 Å². The van der Waals surface area contributed by atoms with Crippen molar-refractivity contribution in [2.24, 2.45) is 5.73 Å². The molecule has 1 aromatic heterocycles. The van der Waals surface area contributed by atoms with Gasteiger partial charge in [0.15, 0.2) is 0 Å². The van der Waals surface area contributed by atoms with Crippen LogP contribution in [0, 0.1) is 6.92 Å². The van der Waals surface area contributed by atoms with E-state index >= 15 is 0 Å². The summed E-state index contributed by atoms with van der Waals surface area (Å²) in [5.41, 5.74) is 9.25. The van der Waals surface area contributed by atoms with Crippen LogP contribution in [0.25, 0.3) is 0 Å². The van der Waals surface area contributed by atoms with E-state index < -0.39 is 0 Å². The molecular formula is C15H18N2O. The molecule has 1 heterocycles.